The molecule has 0 aromatic heterocycles. The number of piperidine rings is 1. The van der Waals surface area contributed by atoms with Gasteiger partial charge in [0.05, 0.1) is 16.0 Å². The minimum Gasteiger partial charge on any atom is -0.393 e. The third kappa shape index (κ3) is 2.54. The van der Waals surface area contributed by atoms with Crippen molar-refractivity contribution in [3.05, 3.63) is 33.1 Å². The molecule has 0 spiro atoms. The summed E-state index contributed by atoms with van der Waals surface area (Å²) in [5.74, 6) is -0.677. The van der Waals surface area contributed by atoms with Crippen LogP contribution in [0.15, 0.2) is 12.1 Å². The van der Waals surface area contributed by atoms with Crippen molar-refractivity contribution in [1.82, 2.24) is 0 Å². The summed E-state index contributed by atoms with van der Waals surface area (Å²) in [5.41, 5.74) is 0.00610. The SMILES string of the molecule is O=[N+]([O-])c1cc(Cl)c(F)cc1N1CCC(O)CC1. The third-order valence-corrected chi connectivity index (χ3v) is 3.31. The molecule has 0 amide bonds. The summed E-state index contributed by atoms with van der Waals surface area (Å²) in [6.07, 6.45) is 0.639. The maximum Gasteiger partial charge on any atom is 0.294 e. The summed E-state index contributed by atoms with van der Waals surface area (Å²) in [6.45, 7) is 0.923. The van der Waals surface area contributed by atoms with Gasteiger partial charge in [0, 0.05) is 25.2 Å². The molecule has 0 bridgehead atoms. The Bertz CT molecular complexity index is 476. The van der Waals surface area contributed by atoms with Crippen molar-refractivity contribution in [2.45, 2.75) is 18.9 Å². The second-order valence-corrected chi connectivity index (χ2v) is 4.64. The van der Waals surface area contributed by atoms with Gasteiger partial charge in [-0.2, -0.15) is 0 Å². The Labute approximate surface area is 108 Å². The number of aliphatic hydroxyl groups excluding tert-OH is 1. The number of nitrogens with zero attached hydrogens (tertiary/aromatic N) is 2. The van der Waals surface area contributed by atoms with Gasteiger partial charge < -0.3 is 10.0 Å². The highest BCUT2D eigenvalue weighted by Crippen LogP contribution is 2.34. The van der Waals surface area contributed by atoms with Crippen LogP contribution in [-0.2, 0) is 0 Å². The van der Waals surface area contributed by atoms with Crippen molar-refractivity contribution < 1.29 is 14.4 Å². The summed E-state index contributed by atoms with van der Waals surface area (Å²) in [4.78, 5) is 12.1. The maximum atomic E-state index is 13.4. The number of hydrogen-bond donors (Lipinski definition) is 1. The second-order valence-electron chi connectivity index (χ2n) is 4.23. The molecule has 2 rings (SSSR count). The molecule has 1 fully saturated rings. The van der Waals surface area contributed by atoms with Gasteiger partial charge in [0.15, 0.2) is 0 Å². The molecule has 0 atom stereocenters. The predicted octanol–water partition coefficient (Wildman–Crippen LogP) is 2.35. The molecule has 1 N–H and O–H groups in total. The van der Waals surface area contributed by atoms with Crippen molar-refractivity contribution in [2.24, 2.45) is 0 Å². The largest absolute Gasteiger partial charge is 0.393 e. The monoisotopic (exact) mass is 274 g/mol. The first-order valence-electron chi connectivity index (χ1n) is 5.55. The first-order chi connectivity index (χ1) is 8.49. The van der Waals surface area contributed by atoms with Gasteiger partial charge in [-0.25, -0.2) is 4.39 Å². The van der Waals surface area contributed by atoms with Crippen LogP contribution >= 0.6 is 11.6 Å². The van der Waals surface area contributed by atoms with E-state index in [1.54, 1.807) is 4.90 Å². The lowest BCUT2D eigenvalue weighted by Gasteiger charge is -2.31. The van der Waals surface area contributed by atoms with Crippen molar-refractivity contribution >= 4 is 23.0 Å². The standard InChI is InChI=1S/C11H12ClFN2O3/c12-8-5-11(15(17)18)10(6-9(8)13)14-3-1-7(16)2-4-14/h5-7,16H,1-4H2. The van der Waals surface area contributed by atoms with Crippen LogP contribution in [0.1, 0.15) is 12.8 Å². The molecule has 18 heavy (non-hydrogen) atoms. The average Bonchev–Trinajstić information content (AvgIpc) is 2.33. The van der Waals surface area contributed by atoms with E-state index >= 15 is 0 Å². The molecule has 0 unspecified atom stereocenters. The molecule has 1 aliphatic rings. The highest BCUT2D eigenvalue weighted by Gasteiger charge is 2.25. The van der Waals surface area contributed by atoms with Crippen LogP contribution in [0.2, 0.25) is 5.02 Å². The number of aliphatic hydroxyl groups is 1. The number of nitro benzene ring substituents is 1. The average molecular weight is 275 g/mol. The molecule has 1 saturated heterocycles. The zero-order chi connectivity index (χ0) is 13.3. The van der Waals surface area contributed by atoms with Crippen LogP contribution in [0.5, 0.6) is 0 Å². The van der Waals surface area contributed by atoms with E-state index in [4.69, 9.17) is 11.6 Å². The van der Waals surface area contributed by atoms with Crippen LogP contribution in [-0.4, -0.2) is 29.2 Å². The number of nitro groups is 1. The Morgan fingerprint density at radius 3 is 2.61 bits per heavy atom. The summed E-state index contributed by atoms with van der Waals surface area (Å²) in [5, 5.41) is 20.1. The fourth-order valence-corrected chi connectivity index (χ4v) is 2.19. The van der Waals surface area contributed by atoms with Crippen LogP contribution in [0.4, 0.5) is 15.8 Å². The number of benzene rings is 1. The van der Waals surface area contributed by atoms with Crippen LogP contribution in [0, 0.1) is 15.9 Å². The van der Waals surface area contributed by atoms with Crippen molar-refractivity contribution in [3.63, 3.8) is 0 Å². The third-order valence-electron chi connectivity index (χ3n) is 3.02. The fraction of sp³-hybridized carbons (Fsp3) is 0.455. The normalized spacial score (nSPS) is 16.9. The first kappa shape index (κ1) is 13.0. The van der Waals surface area contributed by atoms with Gasteiger partial charge in [-0.1, -0.05) is 11.6 Å². The van der Waals surface area contributed by atoms with Crippen molar-refractivity contribution in [2.75, 3.05) is 18.0 Å². The Morgan fingerprint density at radius 1 is 1.44 bits per heavy atom. The van der Waals surface area contributed by atoms with E-state index < -0.39 is 16.8 Å². The summed E-state index contributed by atoms with van der Waals surface area (Å²) in [7, 11) is 0. The molecule has 0 saturated carbocycles. The smallest absolute Gasteiger partial charge is 0.294 e. The highest BCUT2D eigenvalue weighted by atomic mass is 35.5. The zero-order valence-corrected chi connectivity index (χ0v) is 10.2. The van der Waals surface area contributed by atoms with Crippen molar-refractivity contribution in [1.29, 1.82) is 0 Å². The van der Waals surface area contributed by atoms with E-state index in [2.05, 4.69) is 0 Å². The molecule has 1 aliphatic heterocycles. The molecule has 0 radical (unpaired) electrons. The Morgan fingerprint density at radius 2 is 2.06 bits per heavy atom. The molecule has 1 aromatic rings. The minimum atomic E-state index is -0.677. The lowest BCUT2D eigenvalue weighted by molar-refractivity contribution is -0.384. The summed E-state index contributed by atoms with van der Waals surface area (Å²) < 4.78 is 13.4. The summed E-state index contributed by atoms with van der Waals surface area (Å²) in [6, 6.07) is 2.11. The van der Waals surface area contributed by atoms with Gasteiger partial charge >= 0.3 is 0 Å². The lowest BCUT2D eigenvalue weighted by atomic mass is 10.1. The topological polar surface area (TPSA) is 66.6 Å². The van der Waals surface area contributed by atoms with Gasteiger partial charge in [-0.05, 0) is 12.8 Å². The molecular formula is C11H12ClFN2O3. The van der Waals surface area contributed by atoms with Crippen LogP contribution in [0.25, 0.3) is 0 Å². The zero-order valence-electron chi connectivity index (χ0n) is 9.47. The quantitative estimate of drug-likeness (QED) is 0.664. The lowest BCUT2D eigenvalue weighted by Crippen LogP contribution is -2.36. The molecule has 7 heteroatoms. The molecule has 0 aliphatic carbocycles. The van der Waals surface area contributed by atoms with E-state index in [9.17, 15) is 19.6 Å². The fourth-order valence-electron chi connectivity index (χ4n) is 2.03. The Hall–Kier alpha value is -1.40. The summed E-state index contributed by atoms with van der Waals surface area (Å²) >= 11 is 5.55. The maximum absolute atomic E-state index is 13.4. The van der Waals surface area contributed by atoms with Crippen LogP contribution < -0.4 is 4.90 Å². The molecule has 1 aromatic carbocycles. The van der Waals surface area contributed by atoms with E-state index in [1.165, 1.54) is 0 Å². The van der Waals surface area contributed by atoms with E-state index in [1.807, 2.05) is 0 Å². The number of halogens is 2. The van der Waals surface area contributed by atoms with E-state index in [-0.39, 0.29) is 16.4 Å². The highest BCUT2D eigenvalue weighted by molar-refractivity contribution is 6.31. The van der Waals surface area contributed by atoms with Crippen LogP contribution in [0.3, 0.4) is 0 Å². The van der Waals surface area contributed by atoms with Gasteiger partial charge in [-0.15, -0.1) is 0 Å². The van der Waals surface area contributed by atoms with Gasteiger partial charge in [0.1, 0.15) is 11.5 Å². The Kier molecular flexibility index (Phi) is 3.68. The molecular weight excluding hydrogens is 263 g/mol. The molecule has 1 heterocycles. The molecule has 98 valence electrons. The Balaban J connectivity index is 2.36. The van der Waals surface area contributed by atoms with Gasteiger partial charge in [0.25, 0.3) is 5.69 Å². The van der Waals surface area contributed by atoms with Gasteiger partial charge in [0.2, 0.25) is 0 Å². The first-order valence-corrected chi connectivity index (χ1v) is 5.93. The van der Waals surface area contributed by atoms with E-state index in [0.717, 1.165) is 12.1 Å². The molecule has 5 nitrogen and oxygen atoms in total. The van der Waals surface area contributed by atoms with Crippen molar-refractivity contribution in [3.8, 4) is 0 Å². The van der Waals surface area contributed by atoms with Gasteiger partial charge in [-0.3, -0.25) is 10.1 Å². The minimum absolute atomic E-state index is 0.210. The second kappa shape index (κ2) is 5.07. The number of anilines is 1. The number of rotatable bonds is 2. The van der Waals surface area contributed by atoms with E-state index in [0.29, 0.717) is 25.9 Å². The predicted molar refractivity (Wildman–Crippen MR) is 65.5 cm³/mol. The number of hydrogen-bond acceptors (Lipinski definition) is 4.